The summed E-state index contributed by atoms with van der Waals surface area (Å²) in [6, 6.07) is 12.4. The fourth-order valence-electron chi connectivity index (χ4n) is 2.03. The van der Waals surface area contributed by atoms with Gasteiger partial charge in [0.25, 0.3) is 0 Å². The van der Waals surface area contributed by atoms with Crippen LogP contribution < -0.4 is 5.32 Å². The van der Waals surface area contributed by atoms with Crippen molar-refractivity contribution in [2.24, 2.45) is 0 Å². The maximum Gasteiger partial charge on any atom is 0.0933 e. The minimum Gasteiger partial charge on any atom is -0.378 e. The Morgan fingerprint density at radius 1 is 1.26 bits per heavy atom. The third kappa shape index (κ3) is 2.65. The van der Waals surface area contributed by atoms with Crippen molar-refractivity contribution in [1.82, 2.24) is 4.98 Å². The average Bonchev–Trinajstić information content (AvgIpc) is 2.75. The zero-order valence-electron chi connectivity index (χ0n) is 10.5. The van der Waals surface area contributed by atoms with Gasteiger partial charge in [-0.05, 0) is 41.1 Å². The Balaban J connectivity index is 1.85. The van der Waals surface area contributed by atoms with Gasteiger partial charge in [0.2, 0.25) is 0 Å². The lowest BCUT2D eigenvalue weighted by Crippen LogP contribution is -1.98. The first-order valence-corrected chi connectivity index (χ1v) is 7.67. The van der Waals surface area contributed by atoms with E-state index in [0.29, 0.717) is 0 Å². The van der Waals surface area contributed by atoms with Crippen molar-refractivity contribution in [3.63, 3.8) is 0 Å². The van der Waals surface area contributed by atoms with E-state index >= 15 is 0 Å². The van der Waals surface area contributed by atoms with Crippen LogP contribution in [0.3, 0.4) is 0 Å². The van der Waals surface area contributed by atoms with Crippen LogP contribution in [0.15, 0.2) is 47.1 Å². The van der Waals surface area contributed by atoms with Crippen LogP contribution in [0.5, 0.6) is 0 Å². The van der Waals surface area contributed by atoms with Crippen LogP contribution in [-0.4, -0.2) is 4.98 Å². The molecule has 4 heteroatoms. The summed E-state index contributed by atoms with van der Waals surface area (Å²) in [5, 5.41) is 4.63. The first-order valence-electron chi connectivity index (χ1n) is 6.06. The monoisotopic (exact) mass is 332 g/mol. The maximum atomic E-state index is 4.45. The van der Waals surface area contributed by atoms with E-state index in [-0.39, 0.29) is 0 Å². The molecular formula is C15H13BrN2S. The van der Waals surface area contributed by atoms with Crippen LogP contribution in [0.2, 0.25) is 0 Å². The Kier molecular flexibility index (Phi) is 3.53. The molecule has 2 nitrogen and oxygen atoms in total. The number of nitrogens with zero attached hydrogens (tertiary/aromatic N) is 1. The maximum absolute atomic E-state index is 4.45. The fraction of sp³-hybridized carbons (Fsp3) is 0.133. The molecule has 0 saturated heterocycles. The number of aryl methyl sites for hydroxylation is 1. The molecule has 0 unspecified atom stereocenters. The highest BCUT2D eigenvalue weighted by Gasteiger charge is 2.04. The predicted molar refractivity (Wildman–Crippen MR) is 85.8 cm³/mol. The number of anilines is 1. The molecule has 1 N–H and O–H groups in total. The van der Waals surface area contributed by atoms with Gasteiger partial charge >= 0.3 is 0 Å². The molecule has 19 heavy (non-hydrogen) atoms. The van der Waals surface area contributed by atoms with Crippen LogP contribution >= 0.6 is 27.3 Å². The van der Waals surface area contributed by atoms with Gasteiger partial charge in [0.15, 0.2) is 0 Å². The summed E-state index contributed by atoms with van der Waals surface area (Å²) in [6.07, 6.45) is 1.83. The normalized spacial score (nSPS) is 10.8. The van der Waals surface area contributed by atoms with E-state index < -0.39 is 0 Å². The standard InChI is InChI=1S/C15H13BrN2S/c1-10-13(16)8-12(19-10)9-18-14-6-2-4-11-5-3-7-17-15(11)14/h2-8,18H,9H2,1H3. The summed E-state index contributed by atoms with van der Waals surface area (Å²) in [6.45, 7) is 2.95. The largest absolute Gasteiger partial charge is 0.378 e. The van der Waals surface area contributed by atoms with E-state index in [9.17, 15) is 0 Å². The molecular weight excluding hydrogens is 320 g/mol. The molecule has 0 radical (unpaired) electrons. The van der Waals surface area contributed by atoms with Gasteiger partial charge in [-0.3, -0.25) is 4.98 Å². The fourth-order valence-corrected chi connectivity index (χ4v) is 3.58. The van der Waals surface area contributed by atoms with Gasteiger partial charge in [0, 0.05) is 32.4 Å². The number of para-hydroxylation sites is 1. The number of rotatable bonds is 3. The molecule has 0 aliphatic rings. The van der Waals surface area contributed by atoms with Crippen LogP contribution in [0.1, 0.15) is 9.75 Å². The zero-order chi connectivity index (χ0) is 13.2. The molecule has 0 fully saturated rings. The number of fused-ring (bicyclic) bond motifs is 1. The highest BCUT2D eigenvalue weighted by atomic mass is 79.9. The summed E-state index contributed by atoms with van der Waals surface area (Å²) in [4.78, 5) is 7.08. The molecule has 0 aliphatic heterocycles. The van der Waals surface area contributed by atoms with Crippen molar-refractivity contribution in [3.05, 3.63) is 56.8 Å². The van der Waals surface area contributed by atoms with Gasteiger partial charge in [0.05, 0.1) is 11.2 Å². The number of benzene rings is 1. The van der Waals surface area contributed by atoms with E-state index in [0.717, 1.165) is 23.1 Å². The summed E-state index contributed by atoms with van der Waals surface area (Å²) >= 11 is 5.36. The molecule has 96 valence electrons. The van der Waals surface area contributed by atoms with Gasteiger partial charge in [0.1, 0.15) is 0 Å². The third-order valence-corrected chi connectivity index (χ3v) is 5.13. The lowest BCUT2D eigenvalue weighted by Gasteiger charge is -2.07. The van der Waals surface area contributed by atoms with E-state index in [1.165, 1.54) is 14.2 Å². The molecule has 0 aliphatic carbocycles. The minimum atomic E-state index is 0.826. The van der Waals surface area contributed by atoms with Crippen LogP contribution in [0.25, 0.3) is 10.9 Å². The van der Waals surface area contributed by atoms with E-state index in [1.807, 2.05) is 23.6 Å². The van der Waals surface area contributed by atoms with Crippen LogP contribution in [-0.2, 0) is 6.54 Å². The molecule has 0 atom stereocenters. The Hall–Kier alpha value is -1.39. The Morgan fingerprint density at radius 3 is 2.89 bits per heavy atom. The molecule has 0 saturated carbocycles. The second-order valence-corrected chi connectivity index (χ2v) is 6.55. The first-order chi connectivity index (χ1) is 9.24. The molecule has 0 amide bonds. The molecule has 0 bridgehead atoms. The predicted octanol–water partition coefficient (Wildman–Crippen LogP) is 4.98. The van der Waals surface area contributed by atoms with Crippen molar-refractivity contribution in [2.45, 2.75) is 13.5 Å². The molecule has 2 aromatic heterocycles. The zero-order valence-corrected chi connectivity index (χ0v) is 12.9. The van der Waals surface area contributed by atoms with E-state index in [1.54, 1.807) is 0 Å². The summed E-state index contributed by atoms with van der Waals surface area (Å²) in [5.74, 6) is 0. The molecule has 3 rings (SSSR count). The molecule has 1 aromatic carbocycles. The average molecular weight is 333 g/mol. The summed E-state index contributed by atoms with van der Waals surface area (Å²) in [7, 11) is 0. The number of nitrogens with one attached hydrogen (secondary N) is 1. The van der Waals surface area contributed by atoms with Gasteiger partial charge in [-0.2, -0.15) is 0 Å². The van der Waals surface area contributed by atoms with Crippen molar-refractivity contribution in [2.75, 3.05) is 5.32 Å². The Labute approximate surface area is 124 Å². The van der Waals surface area contributed by atoms with Gasteiger partial charge < -0.3 is 5.32 Å². The molecule has 3 aromatic rings. The smallest absolute Gasteiger partial charge is 0.0933 e. The topological polar surface area (TPSA) is 24.9 Å². The van der Waals surface area contributed by atoms with Crippen molar-refractivity contribution in [3.8, 4) is 0 Å². The highest BCUT2D eigenvalue weighted by molar-refractivity contribution is 9.10. The first kappa shape index (κ1) is 12.6. The molecule has 0 spiro atoms. The van der Waals surface area contributed by atoms with Gasteiger partial charge in [-0.15, -0.1) is 11.3 Å². The SMILES string of the molecule is Cc1sc(CNc2cccc3cccnc23)cc1Br. The third-order valence-electron chi connectivity index (χ3n) is 2.99. The van der Waals surface area contributed by atoms with Crippen molar-refractivity contribution >= 4 is 43.9 Å². The molecule has 2 heterocycles. The number of hydrogen-bond donors (Lipinski definition) is 1. The van der Waals surface area contributed by atoms with Crippen molar-refractivity contribution < 1.29 is 0 Å². The van der Waals surface area contributed by atoms with Crippen LogP contribution in [0, 0.1) is 6.92 Å². The highest BCUT2D eigenvalue weighted by Crippen LogP contribution is 2.28. The summed E-state index contributed by atoms with van der Waals surface area (Å²) in [5.41, 5.74) is 2.11. The number of halogens is 1. The van der Waals surface area contributed by atoms with Crippen molar-refractivity contribution in [1.29, 1.82) is 0 Å². The Morgan fingerprint density at radius 2 is 2.11 bits per heavy atom. The number of aromatic nitrogens is 1. The number of thiophene rings is 1. The quantitative estimate of drug-likeness (QED) is 0.731. The van der Waals surface area contributed by atoms with E-state index in [4.69, 9.17) is 0 Å². The minimum absolute atomic E-state index is 0.826. The van der Waals surface area contributed by atoms with Crippen LogP contribution in [0.4, 0.5) is 5.69 Å². The lowest BCUT2D eigenvalue weighted by molar-refractivity contribution is 1.19. The van der Waals surface area contributed by atoms with E-state index in [2.05, 4.69) is 63.5 Å². The van der Waals surface area contributed by atoms with Gasteiger partial charge in [-0.25, -0.2) is 0 Å². The second-order valence-electron chi connectivity index (χ2n) is 4.35. The summed E-state index contributed by atoms with van der Waals surface area (Å²) < 4.78 is 1.19. The lowest BCUT2D eigenvalue weighted by atomic mass is 10.2. The number of hydrogen-bond acceptors (Lipinski definition) is 3. The second kappa shape index (κ2) is 5.31. The Bertz CT molecular complexity index is 696. The van der Waals surface area contributed by atoms with Gasteiger partial charge in [-0.1, -0.05) is 18.2 Å². The number of pyridine rings is 1.